The van der Waals surface area contributed by atoms with Crippen molar-refractivity contribution in [3.05, 3.63) is 131 Å². The second kappa shape index (κ2) is 21.1. The van der Waals surface area contributed by atoms with Gasteiger partial charge in [0.1, 0.15) is 33.6 Å². The Hall–Kier alpha value is -6.28. The van der Waals surface area contributed by atoms with Crippen LogP contribution in [-0.2, 0) is 26.0 Å². The van der Waals surface area contributed by atoms with Gasteiger partial charge in [0.15, 0.2) is 0 Å². The fourth-order valence-corrected chi connectivity index (χ4v) is 11.9. The summed E-state index contributed by atoms with van der Waals surface area (Å²) >= 11 is 0. The Labute approximate surface area is 421 Å². The van der Waals surface area contributed by atoms with Crippen LogP contribution in [0.25, 0.3) is 11.0 Å². The zero-order valence-electron chi connectivity index (χ0n) is 41.4. The number of anilines is 3. The summed E-state index contributed by atoms with van der Waals surface area (Å²) in [5, 5.41) is 17.0. The first-order chi connectivity index (χ1) is 34.8. The average molecular weight is 999 g/mol. The van der Waals surface area contributed by atoms with Crippen LogP contribution in [0.4, 0.5) is 17.2 Å². The van der Waals surface area contributed by atoms with Gasteiger partial charge in [0.2, 0.25) is 0 Å². The number of fused-ring (bicyclic) bond motifs is 1. The standard InChI is InChI=1S/C54H64N9O8S/c1-36(2)45-7-5-6-8-46(45)49-34-61(33-37-9-12-41(68-4)13-10-37)21-22-63(49)40-28-54(29-40)16-19-62(20-17-54)39-11-14-47(50(26-39)71-42-25-38-15-18-55-51(38)56-30-42)53(64)59-72(66,67)44-27-48(60(3)65)52(58-32-44)57-31-43-35-69-23-24-70-43/h5-15,18,25-27,30,32,36,40,43,49H,16-17,19-24,28-29,31,33-35H2,1-4H3,(H,55,56)(H,57,58)(H,59,64)/q-1/t43-,49-/m0/s1. The van der Waals surface area contributed by atoms with E-state index >= 15 is 0 Å². The largest absolute Gasteiger partial charge is 0.758 e. The molecule has 0 bridgehead atoms. The number of pyridine rings is 2. The molecule has 2 atom stereocenters. The normalized spacial score (nSPS) is 19.8. The minimum atomic E-state index is -4.52. The molecule has 4 fully saturated rings. The number of sulfonamides is 1. The molecule has 1 aliphatic carbocycles. The Morgan fingerprint density at radius 3 is 2.51 bits per heavy atom. The highest BCUT2D eigenvalue weighted by Crippen LogP contribution is 2.53. The molecule has 1 amide bonds. The zero-order chi connectivity index (χ0) is 50.0. The molecule has 3 aromatic carbocycles. The van der Waals surface area contributed by atoms with Gasteiger partial charge in [-0.1, -0.05) is 50.2 Å². The maximum atomic E-state index is 14.1. The summed E-state index contributed by atoms with van der Waals surface area (Å²) in [6.45, 7) is 11.8. The quantitative estimate of drug-likeness (QED) is 0.0789. The molecular formula is C54H64N9O8S-. The number of rotatable bonds is 16. The van der Waals surface area contributed by atoms with Crippen molar-refractivity contribution in [2.75, 3.05) is 88.5 Å². The summed E-state index contributed by atoms with van der Waals surface area (Å²) in [7, 11) is -1.57. The van der Waals surface area contributed by atoms with E-state index in [1.54, 1.807) is 31.6 Å². The third-order valence-corrected chi connectivity index (χ3v) is 16.3. The highest BCUT2D eigenvalue weighted by Gasteiger charge is 2.50. The first kappa shape index (κ1) is 49.3. The second-order valence-corrected chi connectivity index (χ2v) is 21.6. The molecule has 3 saturated heterocycles. The van der Waals surface area contributed by atoms with Gasteiger partial charge in [-0.3, -0.25) is 14.6 Å². The molecule has 1 spiro atoms. The van der Waals surface area contributed by atoms with Crippen LogP contribution in [0.5, 0.6) is 17.2 Å². The minimum Gasteiger partial charge on any atom is -0.758 e. The van der Waals surface area contributed by atoms with Crippen LogP contribution in [0, 0.1) is 10.6 Å². The molecule has 380 valence electrons. The molecule has 3 aliphatic heterocycles. The van der Waals surface area contributed by atoms with Crippen molar-refractivity contribution in [2.45, 2.75) is 75.1 Å². The van der Waals surface area contributed by atoms with E-state index in [1.807, 2.05) is 30.3 Å². The van der Waals surface area contributed by atoms with Crippen molar-refractivity contribution in [1.29, 1.82) is 0 Å². The van der Waals surface area contributed by atoms with Gasteiger partial charge < -0.3 is 44.4 Å². The summed E-state index contributed by atoms with van der Waals surface area (Å²) < 4.78 is 52.8. The van der Waals surface area contributed by atoms with Crippen LogP contribution in [0.1, 0.15) is 78.5 Å². The molecule has 1 saturated carbocycles. The van der Waals surface area contributed by atoms with Crippen LogP contribution in [0.2, 0.25) is 0 Å². The van der Waals surface area contributed by atoms with Gasteiger partial charge in [-0.15, -0.1) is 0 Å². The van der Waals surface area contributed by atoms with Gasteiger partial charge in [0.25, 0.3) is 15.9 Å². The lowest BCUT2D eigenvalue weighted by molar-refractivity contribution is -0.0819. The first-order valence-electron chi connectivity index (χ1n) is 24.9. The van der Waals surface area contributed by atoms with Gasteiger partial charge in [-0.25, -0.2) is 23.1 Å². The third kappa shape index (κ3) is 10.7. The molecule has 0 unspecified atom stereocenters. The number of nitrogens with zero attached hydrogens (tertiary/aromatic N) is 6. The Bertz CT molecular complexity index is 2960. The first-order valence-corrected chi connectivity index (χ1v) is 26.4. The molecule has 3 aromatic heterocycles. The molecule has 6 heterocycles. The van der Waals surface area contributed by atoms with E-state index in [1.165, 1.54) is 29.8 Å². The van der Waals surface area contributed by atoms with Crippen molar-refractivity contribution in [2.24, 2.45) is 5.41 Å². The number of ether oxygens (including phenoxy) is 4. The van der Waals surface area contributed by atoms with Gasteiger partial charge >= 0.3 is 0 Å². The number of methoxy groups -OCH3 is 1. The van der Waals surface area contributed by atoms with E-state index in [0.29, 0.717) is 60.8 Å². The van der Waals surface area contributed by atoms with Crippen molar-refractivity contribution >= 4 is 44.2 Å². The third-order valence-electron chi connectivity index (χ3n) is 15.0. The second-order valence-electron chi connectivity index (χ2n) is 20.0. The van der Waals surface area contributed by atoms with Crippen molar-refractivity contribution in [3.63, 3.8) is 0 Å². The highest BCUT2D eigenvalue weighted by atomic mass is 32.2. The number of hydrogen-bond donors (Lipinski definition) is 3. The van der Waals surface area contributed by atoms with Gasteiger partial charge in [0.05, 0.1) is 50.5 Å². The van der Waals surface area contributed by atoms with Crippen molar-refractivity contribution in [1.82, 2.24) is 29.5 Å². The molecule has 6 aromatic rings. The molecule has 10 rings (SSSR count). The molecule has 17 nitrogen and oxygen atoms in total. The van der Waals surface area contributed by atoms with Crippen molar-refractivity contribution < 1.29 is 32.2 Å². The zero-order valence-corrected chi connectivity index (χ0v) is 42.2. The van der Waals surface area contributed by atoms with Gasteiger partial charge in [-0.05, 0) is 103 Å². The number of hydrogen-bond acceptors (Lipinski definition) is 15. The Balaban J connectivity index is 0.835. The molecule has 72 heavy (non-hydrogen) atoms. The van der Waals surface area contributed by atoms with Crippen LogP contribution < -0.4 is 29.5 Å². The molecule has 4 aliphatic rings. The number of piperazine rings is 1. The number of amides is 1. The summed E-state index contributed by atoms with van der Waals surface area (Å²) in [6, 6.07) is 28.4. The number of nitrogens with one attached hydrogen (secondary N) is 3. The van der Waals surface area contributed by atoms with E-state index in [-0.39, 0.29) is 39.2 Å². The summed E-state index contributed by atoms with van der Waals surface area (Å²) in [4.78, 5) is 33.3. The Morgan fingerprint density at radius 2 is 1.76 bits per heavy atom. The number of aromatic nitrogens is 3. The molecular weight excluding hydrogens is 935 g/mol. The maximum absolute atomic E-state index is 14.1. The number of hydroxylamine groups is 1. The van der Waals surface area contributed by atoms with E-state index < -0.39 is 15.9 Å². The van der Waals surface area contributed by atoms with Crippen LogP contribution in [0.15, 0.2) is 108 Å². The lowest BCUT2D eigenvalue weighted by Crippen LogP contribution is -2.60. The summed E-state index contributed by atoms with van der Waals surface area (Å²) in [5.74, 6) is 1.11. The predicted octanol–water partition coefficient (Wildman–Crippen LogP) is 8.07. The topological polar surface area (TPSA) is 190 Å². The van der Waals surface area contributed by atoms with Crippen LogP contribution in [-0.4, -0.2) is 124 Å². The fourth-order valence-electron chi connectivity index (χ4n) is 11.0. The van der Waals surface area contributed by atoms with E-state index in [2.05, 4.69) is 89.9 Å². The Morgan fingerprint density at radius 1 is 0.958 bits per heavy atom. The predicted molar refractivity (Wildman–Crippen MR) is 277 cm³/mol. The number of carbonyl (C=O) groups is 1. The lowest BCUT2D eigenvalue weighted by atomic mass is 9.59. The van der Waals surface area contributed by atoms with E-state index in [0.717, 1.165) is 88.0 Å². The lowest BCUT2D eigenvalue weighted by Gasteiger charge is -2.58. The van der Waals surface area contributed by atoms with Gasteiger partial charge in [-0.2, -0.15) is 0 Å². The monoisotopic (exact) mass is 998 g/mol. The minimum absolute atomic E-state index is 0.00612. The van der Waals surface area contributed by atoms with Crippen molar-refractivity contribution in [3.8, 4) is 17.2 Å². The molecule has 3 N–H and O–H groups in total. The van der Waals surface area contributed by atoms with Crippen LogP contribution in [0.3, 0.4) is 0 Å². The number of aromatic amines is 1. The number of carbonyl (C=O) groups excluding carboxylic acids is 1. The number of piperidine rings is 1. The number of benzene rings is 3. The SMILES string of the molecule is COc1ccc(CN2CCN(C3CC4(CCN(c5ccc(C(=O)NS(=O)(=O)c6cnc(NC[C@H]7COCCO7)c(N(C)[O-])c6)c(Oc6cnc7[nH]ccc7c6)c5)CC4)C3)[C@H](c3ccccc3C(C)C)C2)cc1. The highest BCUT2D eigenvalue weighted by molar-refractivity contribution is 7.90. The summed E-state index contributed by atoms with van der Waals surface area (Å²) in [6.07, 6.45) is 8.55. The average Bonchev–Trinajstić information content (AvgIpc) is 3.86. The fraction of sp³-hybridized carbons (Fsp3) is 0.426. The van der Waals surface area contributed by atoms with E-state index in [9.17, 15) is 18.4 Å². The van der Waals surface area contributed by atoms with E-state index in [4.69, 9.17) is 18.9 Å². The maximum Gasteiger partial charge on any atom is 0.268 e. The molecule has 0 radical (unpaired) electrons. The summed E-state index contributed by atoms with van der Waals surface area (Å²) in [5.41, 5.74) is 5.93. The smallest absolute Gasteiger partial charge is 0.268 e. The van der Waals surface area contributed by atoms with Crippen LogP contribution >= 0.6 is 0 Å². The number of H-pyrrole nitrogens is 1. The van der Waals surface area contributed by atoms with Gasteiger partial charge in [0, 0.05) is 87.4 Å². The molecule has 18 heteroatoms. The Kier molecular flexibility index (Phi) is 14.4.